The molecule has 0 unspecified atom stereocenters. The van der Waals surface area contributed by atoms with Gasteiger partial charge in [-0.2, -0.15) is 0 Å². The molecule has 9 amide bonds. The summed E-state index contributed by atoms with van der Waals surface area (Å²) in [6.07, 6.45) is 1.13. The molecule has 0 radical (unpaired) electrons. The van der Waals surface area contributed by atoms with Gasteiger partial charge >= 0.3 is 5.97 Å². The molecule has 1 aromatic heterocycles. The first-order valence-corrected chi connectivity index (χ1v) is 25.6. The molecule has 414 valence electrons. The van der Waals surface area contributed by atoms with Gasteiger partial charge in [0.05, 0.1) is 19.0 Å². The number of ether oxygens (including phenoxy) is 1. The van der Waals surface area contributed by atoms with E-state index in [0.29, 0.717) is 16.7 Å². The third-order valence-corrected chi connectivity index (χ3v) is 12.3. The zero-order valence-electron chi connectivity index (χ0n) is 43.5. The SMILES string of the molecule is CC(C)(C)OC(=O)C[C@H](NC(=O)[C@@H]1CCCCNC(=O)CCC(=O)NCCC[C@H](NC(=O)[C@@H](N)Cc2ccc(O)cc2)C(=O)NCC(=O)N[C@@H](Cc2c[nH]c3ccccc23)C(=O)N1)C(=O)N[C@@H](Cc1ccccc1)C(N)=O. The highest BCUT2D eigenvalue weighted by Gasteiger charge is 2.34. The number of hydrogen-bond acceptors (Lipinski definition) is 13. The molecule has 2 heterocycles. The second-order valence-electron chi connectivity index (χ2n) is 19.8. The molecule has 0 bridgehead atoms. The van der Waals surface area contributed by atoms with Crippen molar-refractivity contribution in [3.8, 4) is 5.75 Å². The van der Waals surface area contributed by atoms with Gasteiger partial charge in [0.2, 0.25) is 53.2 Å². The number of hydrogen-bond donors (Lipinski definition) is 12. The topological polar surface area (TPSA) is 364 Å². The van der Waals surface area contributed by atoms with Crippen molar-refractivity contribution in [2.45, 2.75) is 133 Å². The Balaban J connectivity index is 1.42. The van der Waals surface area contributed by atoms with Crippen LogP contribution >= 0.6 is 0 Å². The number of phenols is 1. The van der Waals surface area contributed by atoms with Gasteiger partial charge < -0.3 is 68.8 Å². The van der Waals surface area contributed by atoms with Crippen LogP contribution in [0.25, 0.3) is 10.9 Å². The monoisotopic (exact) mass is 1070 g/mol. The molecule has 77 heavy (non-hydrogen) atoms. The van der Waals surface area contributed by atoms with Gasteiger partial charge in [0.15, 0.2) is 0 Å². The molecular weight excluding hydrogens is 995 g/mol. The summed E-state index contributed by atoms with van der Waals surface area (Å²) in [6, 6.07) is 13.8. The average Bonchev–Trinajstić information content (AvgIpc) is 3.79. The first-order chi connectivity index (χ1) is 36.6. The van der Waals surface area contributed by atoms with Gasteiger partial charge in [-0.05, 0) is 94.2 Å². The van der Waals surface area contributed by atoms with Crippen molar-refractivity contribution >= 4 is 70.0 Å². The fourth-order valence-electron chi connectivity index (χ4n) is 8.35. The number of aromatic hydroxyl groups is 1. The summed E-state index contributed by atoms with van der Waals surface area (Å²) >= 11 is 0. The highest BCUT2D eigenvalue weighted by molar-refractivity contribution is 5.98. The minimum absolute atomic E-state index is 0.0133. The van der Waals surface area contributed by atoms with Gasteiger partial charge in [-0.1, -0.05) is 60.7 Å². The number of aromatic amines is 1. The van der Waals surface area contributed by atoms with Crippen molar-refractivity contribution in [1.29, 1.82) is 0 Å². The molecule has 6 atom stereocenters. The molecule has 1 aliphatic heterocycles. The molecule has 0 aliphatic carbocycles. The second-order valence-corrected chi connectivity index (χ2v) is 19.8. The lowest BCUT2D eigenvalue weighted by molar-refractivity contribution is -0.156. The van der Waals surface area contributed by atoms with E-state index >= 15 is 0 Å². The number of fused-ring (bicyclic) bond motifs is 1. The van der Waals surface area contributed by atoms with Crippen LogP contribution < -0.4 is 54.0 Å². The Morgan fingerprint density at radius 3 is 2.04 bits per heavy atom. The third kappa shape index (κ3) is 20.4. The van der Waals surface area contributed by atoms with Gasteiger partial charge in [0, 0.05) is 55.9 Å². The molecule has 0 saturated carbocycles. The summed E-state index contributed by atoms with van der Waals surface area (Å²) in [6.45, 7) is 4.36. The maximum Gasteiger partial charge on any atom is 0.308 e. The standard InChI is InChI=1S/C54H71N11O12/c1-54(2,3)77-47(70)29-43(53(76)64-41(48(56)71)27-32-12-5-4-6-13-32)65-51(74)40-16-9-10-24-57-44(67)22-23-45(68)58-25-11-17-39(62-49(72)37(55)26-33-18-20-35(66)21-19-33)50(73)60-31-46(69)61-42(52(75)63-40)28-34-30-59-38-15-8-7-14-36(34)38/h4-8,12-15,18-21,30,37,39-43,59,66H,9-11,16-17,22-29,31,55H2,1-3H3,(H2,56,71)(H,57,67)(H,58,68)(H,60,73)(H,61,69)(H,62,72)(H,63,75)(H,64,76)(H,65,74)/t37-,39-,40-,41-,42-,43-/m0/s1. The summed E-state index contributed by atoms with van der Waals surface area (Å²) in [7, 11) is 0. The number of nitrogens with two attached hydrogens (primary N) is 2. The molecule has 1 aliphatic rings. The van der Waals surface area contributed by atoms with E-state index in [-0.39, 0.29) is 83.0 Å². The third-order valence-electron chi connectivity index (χ3n) is 12.3. The lowest BCUT2D eigenvalue weighted by atomic mass is 10.0. The average molecular weight is 1070 g/mol. The Morgan fingerprint density at radius 2 is 1.36 bits per heavy atom. The number of aromatic nitrogens is 1. The van der Waals surface area contributed by atoms with Crippen molar-refractivity contribution in [3.63, 3.8) is 0 Å². The lowest BCUT2D eigenvalue weighted by Crippen LogP contribution is -2.59. The Morgan fingerprint density at radius 1 is 0.714 bits per heavy atom. The second kappa shape index (κ2) is 29.1. The number of carbonyl (C=O) groups excluding carboxylic acids is 10. The summed E-state index contributed by atoms with van der Waals surface area (Å²) in [5.74, 6) is -7.66. The Hall–Kier alpha value is -8.34. The van der Waals surface area contributed by atoms with Gasteiger partial charge in [0.25, 0.3) is 0 Å². The quantitative estimate of drug-likeness (QED) is 0.0697. The molecule has 5 rings (SSSR count). The molecule has 23 nitrogen and oxygen atoms in total. The summed E-state index contributed by atoms with van der Waals surface area (Å²) in [5.41, 5.74) is 13.6. The van der Waals surface area contributed by atoms with Gasteiger partial charge in [0.1, 0.15) is 41.6 Å². The number of amides is 9. The van der Waals surface area contributed by atoms with E-state index in [1.807, 2.05) is 18.2 Å². The van der Waals surface area contributed by atoms with E-state index in [2.05, 4.69) is 47.5 Å². The van der Waals surface area contributed by atoms with Crippen molar-refractivity contribution in [2.75, 3.05) is 19.6 Å². The van der Waals surface area contributed by atoms with Crippen LogP contribution in [0, 0.1) is 0 Å². The van der Waals surface area contributed by atoms with Crippen LogP contribution in [0.1, 0.15) is 88.8 Å². The highest BCUT2D eigenvalue weighted by Crippen LogP contribution is 2.20. The van der Waals surface area contributed by atoms with Crippen LogP contribution in [-0.2, 0) is 71.9 Å². The van der Waals surface area contributed by atoms with Gasteiger partial charge in [-0.3, -0.25) is 47.9 Å². The normalized spacial score (nSPS) is 19.1. The summed E-state index contributed by atoms with van der Waals surface area (Å²) in [5, 5.41) is 31.5. The summed E-state index contributed by atoms with van der Waals surface area (Å²) in [4.78, 5) is 139. The number of para-hydroxylation sites is 1. The van der Waals surface area contributed by atoms with Crippen LogP contribution in [0.2, 0.25) is 0 Å². The van der Waals surface area contributed by atoms with Crippen molar-refractivity contribution in [1.82, 2.24) is 47.5 Å². The first kappa shape index (κ1) is 59.5. The van der Waals surface area contributed by atoms with Crippen LogP contribution in [-0.4, -0.2) is 131 Å². The highest BCUT2D eigenvalue weighted by atomic mass is 16.6. The number of nitrogens with one attached hydrogen (secondary N) is 9. The molecule has 1 saturated heterocycles. The van der Waals surface area contributed by atoms with Gasteiger partial charge in [-0.15, -0.1) is 0 Å². The van der Waals surface area contributed by atoms with E-state index in [0.717, 1.165) is 10.9 Å². The fraction of sp³-hybridized carbons (Fsp3) is 0.444. The van der Waals surface area contributed by atoms with E-state index in [9.17, 15) is 53.1 Å². The Bertz CT molecular complexity index is 2710. The van der Waals surface area contributed by atoms with Crippen LogP contribution in [0.3, 0.4) is 0 Å². The van der Waals surface area contributed by atoms with Gasteiger partial charge in [-0.25, -0.2) is 0 Å². The van der Waals surface area contributed by atoms with E-state index in [1.165, 1.54) is 12.1 Å². The molecule has 3 aromatic carbocycles. The van der Waals surface area contributed by atoms with Crippen molar-refractivity contribution < 1.29 is 57.8 Å². The lowest BCUT2D eigenvalue weighted by Gasteiger charge is -2.27. The maximum absolute atomic E-state index is 14.6. The van der Waals surface area contributed by atoms with Crippen molar-refractivity contribution in [2.24, 2.45) is 11.5 Å². The van der Waals surface area contributed by atoms with E-state index < -0.39 is 114 Å². The first-order valence-electron chi connectivity index (χ1n) is 25.6. The van der Waals surface area contributed by atoms with E-state index in [1.54, 1.807) is 75.5 Å². The molecule has 1 fully saturated rings. The maximum atomic E-state index is 14.6. The Kier molecular flexibility index (Phi) is 22.5. The molecule has 4 aromatic rings. The molecule has 14 N–H and O–H groups in total. The zero-order valence-corrected chi connectivity index (χ0v) is 43.5. The minimum Gasteiger partial charge on any atom is -0.508 e. The number of esters is 1. The van der Waals surface area contributed by atoms with Crippen LogP contribution in [0.5, 0.6) is 5.75 Å². The Labute approximate surface area is 445 Å². The number of carbonyl (C=O) groups is 10. The number of rotatable bonds is 15. The number of benzene rings is 3. The molecule has 23 heteroatoms. The predicted octanol–water partition coefficient (Wildman–Crippen LogP) is -0.0373. The zero-order chi connectivity index (χ0) is 56.1. The number of primary amides is 1. The van der Waals surface area contributed by atoms with Crippen LogP contribution in [0.15, 0.2) is 85.1 Å². The smallest absolute Gasteiger partial charge is 0.308 e. The van der Waals surface area contributed by atoms with Crippen molar-refractivity contribution in [3.05, 3.63) is 102 Å². The number of H-pyrrole nitrogens is 1. The van der Waals surface area contributed by atoms with E-state index in [4.69, 9.17) is 16.2 Å². The molecular formula is C54H71N11O12. The molecule has 0 spiro atoms. The fourth-order valence-corrected chi connectivity index (χ4v) is 8.35. The number of phenolic OH excluding ortho intramolecular Hbond substituents is 1. The largest absolute Gasteiger partial charge is 0.508 e. The van der Waals surface area contributed by atoms with Crippen LogP contribution in [0.4, 0.5) is 0 Å². The predicted molar refractivity (Wildman–Crippen MR) is 283 cm³/mol. The summed E-state index contributed by atoms with van der Waals surface area (Å²) < 4.78 is 5.49. The minimum atomic E-state index is -1.66.